The Kier molecular flexibility index (Phi) is 5.45. The van der Waals surface area contributed by atoms with Gasteiger partial charge in [0.05, 0.1) is 17.6 Å². The Bertz CT molecular complexity index is 1020. The molecule has 0 fully saturated rings. The van der Waals surface area contributed by atoms with Gasteiger partial charge in [0.25, 0.3) is 0 Å². The van der Waals surface area contributed by atoms with Crippen LogP contribution in [0.15, 0.2) is 51.7 Å². The molecule has 6 nitrogen and oxygen atoms in total. The predicted molar refractivity (Wildman–Crippen MR) is 101 cm³/mol. The van der Waals surface area contributed by atoms with E-state index in [2.05, 4.69) is 0 Å². The van der Waals surface area contributed by atoms with Gasteiger partial charge in [0.15, 0.2) is 0 Å². The summed E-state index contributed by atoms with van der Waals surface area (Å²) < 4.78 is 10.8. The molecule has 6 heteroatoms. The molecule has 1 aromatic heterocycles. The number of phenolic OH excluding ortho intramolecular Hbond substituents is 2. The number of fused-ring (bicyclic) bond motifs is 1. The highest BCUT2D eigenvalue weighted by Crippen LogP contribution is 2.28. The van der Waals surface area contributed by atoms with E-state index < -0.39 is 0 Å². The highest BCUT2D eigenvalue weighted by molar-refractivity contribution is 5.84. The molecule has 2 aromatic carbocycles. The molecular weight excluding hydrogens is 348 g/mol. The van der Waals surface area contributed by atoms with Crippen molar-refractivity contribution in [3.63, 3.8) is 0 Å². The second kappa shape index (κ2) is 7.95. The molecule has 3 aromatic rings. The second-order valence-electron chi connectivity index (χ2n) is 6.12. The number of benzene rings is 2. The third kappa shape index (κ3) is 4.11. The number of aromatic hydroxyl groups is 2. The molecule has 0 saturated heterocycles. The Hall–Kier alpha value is -3.28. The van der Waals surface area contributed by atoms with Gasteiger partial charge in [-0.3, -0.25) is 9.59 Å². The maximum Gasteiger partial charge on any atom is 0.305 e. The topological polar surface area (TPSA) is 97.0 Å². The Morgan fingerprint density at radius 3 is 2.48 bits per heavy atom. The quantitative estimate of drug-likeness (QED) is 0.643. The molecule has 27 heavy (non-hydrogen) atoms. The van der Waals surface area contributed by atoms with E-state index in [0.29, 0.717) is 41.7 Å². The van der Waals surface area contributed by atoms with Crippen LogP contribution in [-0.2, 0) is 16.0 Å². The lowest BCUT2D eigenvalue weighted by Gasteiger charge is -2.11. The van der Waals surface area contributed by atoms with E-state index in [1.807, 2.05) is 0 Å². The van der Waals surface area contributed by atoms with Crippen molar-refractivity contribution >= 4 is 16.9 Å². The van der Waals surface area contributed by atoms with Crippen molar-refractivity contribution in [2.45, 2.75) is 26.2 Å². The fourth-order valence-corrected chi connectivity index (χ4v) is 2.95. The van der Waals surface area contributed by atoms with Gasteiger partial charge in [-0.15, -0.1) is 0 Å². The van der Waals surface area contributed by atoms with Crippen LogP contribution < -0.4 is 5.43 Å². The standard InChI is InChI=1S/C21H20O6/c1-2-26-19(24)5-3-4-17-20(13-6-8-14(22)9-7-13)21(25)16-11-10-15(23)12-18(16)27-17/h6-12,22-23H,2-5H2,1H3. The van der Waals surface area contributed by atoms with E-state index in [1.165, 1.54) is 30.3 Å². The fraction of sp³-hybridized carbons (Fsp3) is 0.238. The Morgan fingerprint density at radius 2 is 1.78 bits per heavy atom. The molecule has 0 aliphatic heterocycles. The number of esters is 1. The van der Waals surface area contributed by atoms with Crippen LogP contribution in [0, 0.1) is 0 Å². The average Bonchev–Trinajstić information content (AvgIpc) is 2.63. The molecule has 0 saturated carbocycles. The first-order valence-corrected chi connectivity index (χ1v) is 8.73. The first-order chi connectivity index (χ1) is 13.0. The summed E-state index contributed by atoms with van der Waals surface area (Å²) in [4.78, 5) is 24.6. The summed E-state index contributed by atoms with van der Waals surface area (Å²) in [5.74, 6) is 0.218. The van der Waals surface area contributed by atoms with Gasteiger partial charge in [-0.1, -0.05) is 12.1 Å². The first kappa shape index (κ1) is 18.5. The summed E-state index contributed by atoms with van der Waals surface area (Å²) in [5, 5.41) is 19.6. The molecule has 2 N–H and O–H groups in total. The lowest BCUT2D eigenvalue weighted by molar-refractivity contribution is -0.143. The van der Waals surface area contributed by atoms with Crippen LogP contribution in [0.5, 0.6) is 11.5 Å². The highest BCUT2D eigenvalue weighted by Gasteiger charge is 2.17. The zero-order valence-electron chi connectivity index (χ0n) is 14.9. The highest BCUT2D eigenvalue weighted by atomic mass is 16.5. The fourth-order valence-electron chi connectivity index (χ4n) is 2.95. The van der Waals surface area contributed by atoms with Crippen molar-refractivity contribution in [3.05, 3.63) is 58.4 Å². The van der Waals surface area contributed by atoms with E-state index in [-0.39, 0.29) is 34.9 Å². The Balaban J connectivity index is 2.05. The molecular formula is C21H20O6. The molecule has 0 spiro atoms. The van der Waals surface area contributed by atoms with Crippen molar-refractivity contribution in [3.8, 4) is 22.6 Å². The smallest absolute Gasteiger partial charge is 0.305 e. The van der Waals surface area contributed by atoms with Crippen LogP contribution in [0.3, 0.4) is 0 Å². The number of carbonyl (C=O) groups excluding carboxylic acids is 1. The minimum atomic E-state index is -0.301. The van der Waals surface area contributed by atoms with Gasteiger partial charge in [-0.2, -0.15) is 0 Å². The van der Waals surface area contributed by atoms with E-state index >= 15 is 0 Å². The van der Waals surface area contributed by atoms with Gasteiger partial charge in [-0.05, 0) is 43.2 Å². The van der Waals surface area contributed by atoms with E-state index in [9.17, 15) is 19.8 Å². The maximum atomic E-state index is 13.0. The molecule has 0 aliphatic carbocycles. The molecule has 3 rings (SSSR count). The largest absolute Gasteiger partial charge is 0.508 e. The summed E-state index contributed by atoms with van der Waals surface area (Å²) in [6, 6.07) is 10.6. The SMILES string of the molecule is CCOC(=O)CCCc1oc2cc(O)ccc2c(=O)c1-c1ccc(O)cc1. The molecule has 0 radical (unpaired) electrons. The number of hydrogen-bond donors (Lipinski definition) is 2. The molecule has 0 atom stereocenters. The summed E-state index contributed by atoms with van der Waals surface area (Å²) in [6.45, 7) is 2.07. The average molecular weight is 368 g/mol. The van der Waals surface area contributed by atoms with Gasteiger partial charge < -0.3 is 19.4 Å². The van der Waals surface area contributed by atoms with E-state index in [1.54, 1.807) is 19.1 Å². The van der Waals surface area contributed by atoms with Crippen LogP contribution in [-0.4, -0.2) is 22.8 Å². The number of phenols is 2. The van der Waals surface area contributed by atoms with Crippen LogP contribution in [0.4, 0.5) is 0 Å². The molecule has 0 amide bonds. The first-order valence-electron chi connectivity index (χ1n) is 8.73. The Morgan fingerprint density at radius 1 is 1.07 bits per heavy atom. The number of carbonyl (C=O) groups is 1. The predicted octanol–water partition coefficient (Wildman–Crippen LogP) is 3.76. The lowest BCUT2D eigenvalue weighted by Crippen LogP contribution is -2.10. The maximum absolute atomic E-state index is 13.0. The minimum absolute atomic E-state index is 0.000469. The molecule has 0 bridgehead atoms. The van der Waals surface area contributed by atoms with Crippen molar-refractivity contribution in [1.29, 1.82) is 0 Å². The molecule has 0 aliphatic rings. The van der Waals surface area contributed by atoms with Gasteiger partial charge in [0.1, 0.15) is 22.8 Å². The normalized spacial score (nSPS) is 10.9. The molecule has 0 unspecified atom stereocenters. The monoisotopic (exact) mass is 368 g/mol. The van der Waals surface area contributed by atoms with E-state index in [0.717, 1.165) is 0 Å². The minimum Gasteiger partial charge on any atom is -0.508 e. The van der Waals surface area contributed by atoms with Crippen molar-refractivity contribution in [2.24, 2.45) is 0 Å². The summed E-state index contributed by atoms with van der Waals surface area (Å²) in [7, 11) is 0. The Labute approximate surface area is 155 Å². The van der Waals surface area contributed by atoms with Crippen LogP contribution >= 0.6 is 0 Å². The summed E-state index contributed by atoms with van der Waals surface area (Å²) >= 11 is 0. The zero-order valence-corrected chi connectivity index (χ0v) is 14.9. The lowest BCUT2D eigenvalue weighted by atomic mass is 9.99. The van der Waals surface area contributed by atoms with E-state index in [4.69, 9.17) is 9.15 Å². The number of hydrogen-bond acceptors (Lipinski definition) is 6. The third-order valence-corrected chi connectivity index (χ3v) is 4.19. The van der Waals surface area contributed by atoms with Crippen LogP contribution in [0.25, 0.3) is 22.1 Å². The van der Waals surface area contributed by atoms with Gasteiger partial charge in [0, 0.05) is 18.9 Å². The number of aryl methyl sites for hydroxylation is 1. The van der Waals surface area contributed by atoms with Crippen LogP contribution in [0.2, 0.25) is 0 Å². The van der Waals surface area contributed by atoms with Crippen molar-refractivity contribution < 1.29 is 24.2 Å². The van der Waals surface area contributed by atoms with Gasteiger partial charge in [0.2, 0.25) is 5.43 Å². The summed E-state index contributed by atoms with van der Waals surface area (Å²) in [6.07, 6.45) is 1.03. The van der Waals surface area contributed by atoms with Crippen LogP contribution in [0.1, 0.15) is 25.5 Å². The van der Waals surface area contributed by atoms with Gasteiger partial charge in [-0.25, -0.2) is 0 Å². The number of rotatable bonds is 6. The molecule has 1 heterocycles. The van der Waals surface area contributed by atoms with Gasteiger partial charge >= 0.3 is 5.97 Å². The summed E-state index contributed by atoms with van der Waals surface area (Å²) in [5.41, 5.74) is 1.06. The van der Waals surface area contributed by atoms with Crippen molar-refractivity contribution in [1.82, 2.24) is 0 Å². The van der Waals surface area contributed by atoms with Crippen molar-refractivity contribution in [2.75, 3.05) is 6.61 Å². The second-order valence-corrected chi connectivity index (χ2v) is 6.12. The number of ether oxygens (including phenoxy) is 1. The third-order valence-electron chi connectivity index (χ3n) is 4.19. The zero-order chi connectivity index (χ0) is 19.4. The molecule has 140 valence electrons.